The van der Waals surface area contributed by atoms with Gasteiger partial charge in [0, 0.05) is 12.1 Å². The molecule has 7 nitrogen and oxygen atoms in total. The average Bonchev–Trinajstić information content (AvgIpc) is 2.55. The van der Waals surface area contributed by atoms with E-state index in [4.69, 9.17) is 4.74 Å². The Morgan fingerprint density at radius 1 is 1.22 bits per heavy atom. The summed E-state index contributed by atoms with van der Waals surface area (Å²) in [4.78, 5) is 21.5. The van der Waals surface area contributed by atoms with Crippen molar-refractivity contribution >= 4 is 17.8 Å². The number of nitrogens with zero attached hydrogens (tertiary/aromatic N) is 2. The first-order valence-corrected chi connectivity index (χ1v) is 6.49. The lowest BCUT2D eigenvalue weighted by atomic mass is 10.2. The van der Waals surface area contributed by atoms with Gasteiger partial charge < -0.3 is 4.74 Å². The highest BCUT2D eigenvalue weighted by Crippen LogP contribution is 2.16. The van der Waals surface area contributed by atoms with Gasteiger partial charge in [-0.1, -0.05) is 12.1 Å². The molecule has 2 aromatic rings. The van der Waals surface area contributed by atoms with Gasteiger partial charge in [-0.3, -0.25) is 14.9 Å². The van der Waals surface area contributed by atoms with Crippen LogP contribution in [-0.4, -0.2) is 23.7 Å². The van der Waals surface area contributed by atoms with Crippen LogP contribution in [0.5, 0.6) is 5.75 Å². The van der Waals surface area contributed by atoms with Gasteiger partial charge in [-0.25, -0.2) is 9.82 Å². The minimum absolute atomic E-state index is 0.0642. The number of amides is 1. The fourth-order valence-corrected chi connectivity index (χ4v) is 1.57. The molecular formula is C15H12FN3O4. The van der Waals surface area contributed by atoms with Crippen molar-refractivity contribution in [3.8, 4) is 5.75 Å². The third-order valence-corrected chi connectivity index (χ3v) is 2.69. The van der Waals surface area contributed by atoms with E-state index in [1.54, 1.807) is 0 Å². The van der Waals surface area contributed by atoms with E-state index in [0.717, 1.165) is 0 Å². The van der Waals surface area contributed by atoms with Gasteiger partial charge >= 0.3 is 0 Å². The van der Waals surface area contributed by atoms with E-state index in [1.165, 1.54) is 54.7 Å². The first-order valence-electron chi connectivity index (χ1n) is 6.49. The monoisotopic (exact) mass is 317 g/mol. The van der Waals surface area contributed by atoms with Crippen molar-refractivity contribution in [2.45, 2.75) is 0 Å². The summed E-state index contributed by atoms with van der Waals surface area (Å²) in [5.74, 6) is -0.530. The third-order valence-electron chi connectivity index (χ3n) is 2.69. The summed E-state index contributed by atoms with van der Waals surface area (Å²) in [6.45, 7) is -0.293. The lowest BCUT2D eigenvalue weighted by Gasteiger charge is -2.04. The van der Waals surface area contributed by atoms with Crippen molar-refractivity contribution in [2.75, 3.05) is 6.61 Å². The summed E-state index contributed by atoms with van der Waals surface area (Å²) in [6.07, 6.45) is 1.36. The number of halogens is 1. The summed E-state index contributed by atoms with van der Waals surface area (Å²) in [5, 5.41) is 14.2. The molecule has 2 aromatic carbocycles. The summed E-state index contributed by atoms with van der Waals surface area (Å²) >= 11 is 0. The largest absolute Gasteiger partial charge is 0.484 e. The smallest absolute Gasteiger partial charge is 0.277 e. The number of rotatable bonds is 6. The Morgan fingerprint density at radius 3 is 2.48 bits per heavy atom. The highest BCUT2D eigenvalue weighted by atomic mass is 19.1. The van der Waals surface area contributed by atoms with Crippen molar-refractivity contribution < 1.29 is 18.8 Å². The van der Waals surface area contributed by atoms with E-state index in [0.29, 0.717) is 11.3 Å². The molecule has 118 valence electrons. The lowest BCUT2D eigenvalue weighted by Crippen LogP contribution is -2.24. The molecule has 0 heterocycles. The van der Waals surface area contributed by atoms with Crippen LogP contribution in [0.3, 0.4) is 0 Å². The van der Waals surface area contributed by atoms with Crippen LogP contribution >= 0.6 is 0 Å². The van der Waals surface area contributed by atoms with E-state index in [2.05, 4.69) is 10.5 Å². The second-order valence-corrected chi connectivity index (χ2v) is 4.38. The van der Waals surface area contributed by atoms with Gasteiger partial charge in [-0.15, -0.1) is 0 Å². The molecule has 0 saturated heterocycles. The number of nitrogens with one attached hydrogen (secondary N) is 1. The molecule has 0 aliphatic heterocycles. The molecule has 0 atom stereocenters. The molecule has 0 fully saturated rings. The number of carbonyl (C=O) groups is 1. The molecule has 0 radical (unpaired) electrons. The standard InChI is InChI=1S/C15H12FN3O4/c16-12-3-1-11(2-4-12)9-17-18-15(20)10-23-14-7-5-13(6-8-14)19(21)22/h1-9H,10H2,(H,18,20)/b17-9-. The predicted octanol–water partition coefficient (Wildman–Crippen LogP) is 2.26. The van der Waals surface area contributed by atoms with Gasteiger partial charge in [0.05, 0.1) is 11.1 Å². The van der Waals surface area contributed by atoms with E-state index >= 15 is 0 Å². The maximum Gasteiger partial charge on any atom is 0.277 e. The normalized spacial score (nSPS) is 10.5. The third kappa shape index (κ3) is 5.20. The van der Waals surface area contributed by atoms with Crippen LogP contribution < -0.4 is 10.2 Å². The maximum absolute atomic E-state index is 12.7. The van der Waals surface area contributed by atoms with E-state index < -0.39 is 10.8 Å². The predicted molar refractivity (Wildman–Crippen MR) is 80.7 cm³/mol. The zero-order valence-electron chi connectivity index (χ0n) is 11.8. The summed E-state index contributed by atoms with van der Waals surface area (Å²) < 4.78 is 17.9. The Labute approximate surface area is 130 Å². The van der Waals surface area contributed by atoms with Crippen molar-refractivity contribution in [2.24, 2.45) is 5.10 Å². The SMILES string of the molecule is O=C(COc1ccc([N+](=O)[O-])cc1)N/N=C\c1ccc(F)cc1. The Balaban J connectivity index is 1.78. The van der Waals surface area contributed by atoms with Gasteiger partial charge in [-0.2, -0.15) is 5.10 Å². The number of hydrogen-bond donors (Lipinski definition) is 1. The van der Waals surface area contributed by atoms with Gasteiger partial charge in [-0.05, 0) is 29.8 Å². The lowest BCUT2D eigenvalue weighted by molar-refractivity contribution is -0.384. The molecule has 0 spiro atoms. The second kappa shape index (κ2) is 7.64. The number of nitro groups is 1. The quantitative estimate of drug-likeness (QED) is 0.502. The molecular weight excluding hydrogens is 305 g/mol. The molecule has 1 amide bonds. The zero-order chi connectivity index (χ0) is 16.7. The summed E-state index contributed by atoms with van der Waals surface area (Å²) in [6, 6.07) is 10.9. The molecule has 2 rings (SSSR count). The van der Waals surface area contributed by atoms with Crippen LogP contribution in [0.4, 0.5) is 10.1 Å². The van der Waals surface area contributed by atoms with Gasteiger partial charge in [0.25, 0.3) is 11.6 Å². The van der Waals surface area contributed by atoms with Crippen molar-refractivity contribution in [1.29, 1.82) is 0 Å². The van der Waals surface area contributed by atoms with Gasteiger partial charge in [0.2, 0.25) is 0 Å². The van der Waals surface area contributed by atoms with Crippen molar-refractivity contribution in [1.82, 2.24) is 5.43 Å². The highest BCUT2D eigenvalue weighted by molar-refractivity contribution is 5.82. The van der Waals surface area contributed by atoms with E-state index in [1.807, 2.05) is 0 Å². The number of benzene rings is 2. The number of carbonyl (C=O) groups excluding carboxylic acids is 1. The van der Waals surface area contributed by atoms with Crippen LogP contribution in [0.25, 0.3) is 0 Å². The van der Waals surface area contributed by atoms with Crippen molar-refractivity contribution in [3.05, 3.63) is 70.0 Å². The average molecular weight is 317 g/mol. The highest BCUT2D eigenvalue weighted by Gasteiger charge is 2.06. The van der Waals surface area contributed by atoms with Gasteiger partial charge in [0.1, 0.15) is 11.6 Å². The molecule has 1 N–H and O–H groups in total. The minimum Gasteiger partial charge on any atom is -0.484 e. The number of ether oxygens (including phenoxy) is 1. The van der Waals surface area contributed by atoms with Crippen molar-refractivity contribution in [3.63, 3.8) is 0 Å². The molecule has 0 aromatic heterocycles. The fraction of sp³-hybridized carbons (Fsp3) is 0.0667. The Morgan fingerprint density at radius 2 is 1.87 bits per heavy atom. The minimum atomic E-state index is -0.527. The molecule has 23 heavy (non-hydrogen) atoms. The molecule has 0 aliphatic carbocycles. The Kier molecular flexibility index (Phi) is 5.35. The molecule has 0 bridgehead atoms. The number of hydrogen-bond acceptors (Lipinski definition) is 5. The van der Waals surface area contributed by atoms with Crippen LogP contribution in [0.1, 0.15) is 5.56 Å². The summed E-state index contributed by atoms with van der Waals surface area (Å²) in [7, 11) is 0. The number of hydrazone groups is 1. The second-order valence-electron chi connectivity index (χ2n) is 4.38. The fourth-order valence-electron chi connectivity index (χ4n) is 1.57. The van der Waals surface area contributed by atoms with Crippen LogP contribution in [0.15, 0.2) is 53.6 Å². The molecule has 0 aliphatic rings. The molecule has 8 heteroatoms. The van der Waals surface area contributed by atoms with Crippen LogP contribution in [-0.2, 0) is 4.79 Å². The molecule has 0 saturated carbocycles. The van der Waals surface area contributed by atoms with E-state index in [9.17, 15) is 19.3 Å². The number of non-ortho nitro benzene ring substituents is 1. The number of nitro benzene ring substituents is 1. The summed E-state index contributed by atoms with van der Waals surface area (Å²) in [5.41, 5.74) is 2.81. The Bertz CT molecular complexity index is 715. The van der Waals surface area contributed by atoms with Crippen LogP contribution in [0, 0.1) is 15.9 Å². The Hall–Kier alpha value is -3.29. The van der Waals surface area contributed by atoms with E-state index in [-0.39, 0.29) is 18.1 Å². The van der Waals surface area contributed by atoms with Gasteiger partial charge in [0.15, 0.2) is 6.61 Å². The first-order chi connectivity index (χ1) is 11.0. The zero-order valence-corrected chi connectivity index (χ0v) is 11.8. The first kappa shape index (κ1) is 16.1. The molecule has 0 unspecified atom stereocenters. The topological polar surface area (TPSA) is 93.8 Å². The van der Waals surface area contributed by atoms with Crippen LogP contribution in [0.2, 0.25) is 0 Å². The maximum atomic E-state index is 12.7.